The van der Waals surface area contributed by atoms with E-state index in [0.717, 1.165) is 19.6 Å². The Morgan fingerprint density at radius 2 is 2.05 bits per heavy atom. The molecule has 0 saturated carbocycles. The lowest BCUT2D eigenvalue weighted by Crippen LogP contribution is -2.33. The summed E-state index contributed by atoms with van der Waals surface area (Å²) in [6.45, 7) is 3.85. The SMILES string of the molecule is COc1ccc(C#N)c(OCCN2CCCCC2)c1. The second-order valence-electron chi connectivity index (χ2n) is 4.72. The highest BCUT2D eigenvalue weighted by Gasteiger charge is 2.10. The van der Waals surface area contributed by atoms with E-state index in [0.29, 0.717) is 23.7 Å². The van der Waals surface area contributed by atoms with E-state index < -0.39 is 0 Å². The van der Waals surface area contributed by atoms with Gasteiger partial charge in [-0.05, 0) is 38.1 Å². The molecule has 0 unspecified atom stereocenters. The molecule has 4 nitrogen and oxygen atoms in total. The Morgan fingerprint density at radius 1 is 1.26 bits per heavy atom. The molecule has 0 bridgehead atoms. The van der Waals surface area contributed by atoms with Gasteiger partial charge in [-0.1, -0.05) is 6.42 Å². The van der Waals surface area contributed by atoms with Crippen LogP contribution in [0.4, 0.5) is 0 Å². The van der Waals surface area contributed by atoms with Crippen LogP contribution in [-0.2, 0) is 0 Å². The second-order valence-corrected chi connectivity index (χ2v) is 4.72. The van der Waals surface area contributed by atoms with Crippen LogP contribution in [-0.4, -0.2) is 38.3 Å². The van der Waals surface area contributed by atoms with Gasteiger partial charge in [0.15, 0.2) is 0 Å². The first-order chi connectivity index (χ1) is 9.33. The smallest absolute Gasteiger partial charge is 0.140 e. The molecule has 0 aliphatic carbocycles. The van der Waals surface area contributed by atoms with Crippen molar-refractivity contribution in [2.45, 2.75) is 19.3 Å². The Kier molecular flexibility index (Phi) is 5.05. The lowest BCUT2D eigenvalue weighted by atomic mass is 10.1. The van der Waals surface area contributed by atoms with Gasteiger partial charge in [-0.15, -0.1) is 0 Å². The number of benzene rings is 1. The van der Waals surface area contributed by atoms with Crippen LogP contribution >= 0.6 is 0 Å². The molecule has 102 valence electrons. The average Bonchev–Trinajstić information content (AvgIpc) is 2.48. The number of piperidine rings is 1. The van der Waals surface area contributed by atoms with Crippen molar-refractivity contribution in [2.75, 3.05) is 33.4 Å². The molecule has 0 aromatic heterocycles. The molecule has 1 heterocycles. The van der Waals surface area contributed by atoms with Crippen LogP contribution in [0.15, 0.2) is 18.2 Å². The van der Waals surface area contributed by atoms with E-state index in [1.54, 1.807) is 25.3 Å². The van der Waals surface area contributed by atoms with Crippen LogP contribution < -0.4 is 9.47 Å². The van der Waals surface area contributed by atoms with E-state index in [4.69, 9.17) is 14.7 Å². The van der Waals surface area contributed by atoms with Gasteiger partial charge in [-0.25, -0.2) is 0 Å². The number of rotatable bonds is 5. The molecular formula is C15H20N2O2. The van der Waals surface area contributed by atoms with Crippen LogP contribution in [0.1, 0.15) is 24.8 Å². The van der Waals surface area contributed by atoms with Crippen LogP contribution in [0.25, 0.3) is 0 Å². The van der Waals surface area contributed by atoms with Crippen molar-refractivity contribution in [3.05, 3.63) is 23.8 Å². The summed E-state index contributed by atoms with van der Waals surface area (Å²) in [5, 5.41) is 9.05. The molecule has 19 heavy (non-hydrogen) atoms. The minimum absolute atomic E-state index is 0.555. The first-order valence-corrected chi connectivity index (χ1v) is 6.77. The maximum absolute atomic E-state index is 9.05. The Hall–Kier alpha value is -1.73. The van der Waals surface area contributed by atoms with E-state index >= 15 is 0 Å². The average molecular weight is 260 g/mol. The number of hydrogen-bond donors (Lipinski definition) is 0. The molecule has 1 aromatic carbocycles. The number of hydrogen-bond acceptors (Lipinski definition) is 4. The third-order valence-electron chi connectivity index (χ3n) is 3.42. The van der Waals surface area contributed by atoms with Crippen molar-refractivity contribution in [1.29, 1.82) is 5.26 Å². The van der Waals surface area contributed by atoms with Crippen molar-refractivity contribution >= 4 is 0 Å². The van der Waals surface area contributed by atoms with Gasteiger partial charge in [-0.2, -0.15) is 5.26 Å². The normalized spacial score (nSPS) is 15.8. The second kappa shape index (κ2) is 7.01. The predicted octanol–water partition coefficient (Wildman–Crippen LogP) is 2.43. The lowest BCUT2D eigenvalue weighted by molar-refractivity contribution is 0.183. The highest BCUT2D eigenvalue weighted by atomic mass is 16.5. The maximum atomic E-state index is 9.05. The zero-order valence-electron chi connectivity index (χ0n) is 11.4. The van der Waals surface area contributed by atoms with E-state index in [1.165, 1.54) is 19.3 Å². The Bertz CT molecular complexity index is 448. The van der Waals surface area contributed by atoms with Crippen molar-refractivity contribution in [2.24, 2.45) is 0 Å². The van der Waals surface area contributed by atoms with E-state index in [-0.39, 0.29) is 0 Å². The topological polar surface area (TPSA) is 45.5 Å². The Morgan fingerprint density at radius 3 is 2.74 bits per heavy atom. The fraction of sp³-hybridized carbons (Fsp3) is 0.533. The van der Waals surface area contributed by atoms with Crippen molar-refractivity contribution in [3.63, 3.8) is 0 Å². The zero-order chi connectivity index (χ0) is 13.5. The van der Waals surface area contributed by atoms with Gasteiger partial charge in [-0.3, -0.25) is 4.90 Å². The molecule has 0 N–H and O–H groups in total. The van der Waals surface area contributed by atoms with E-state index in [1.807, 2.05) is 0 Å². The number of methoxy groups -OCH3 is 1. The predicted molar refractivity (Wildman–Crippen MR) is 73.5 cm³/mol. The minimum atomic E-state index is 0.555. The lowest BCUT2D eigenvalue weighted by Gasteiger charge is -2.26. The molecule has 2 rings (SSSR count). The third-order valence-corrected chi connectivity index (χ3v) is 3.42. The first-order valence-electron chi connectivity index (χ1n) is 6.77. The van der Waals surface area contributed by atoms with Gasteiger partial charge in [0.05, 0.1) is 12.7 Å². The largest absolute Gasteiger partial charge is 0.497 e. The van der Waals surface area contributed by atoms with Crippen LogP contribution in [0.3, 0.4) is 0 Å². The summed E-state index contributed by atoms with van der Waals surface area (Å²) >= 11 is 0. The molecule has 1 saturated heterocycles. The molecule has 0 spiro atoms. The molecule has 0 atom stereocenters. The van der Waals surface area contributed by atoms with Crippen LogP contribution in [0.5, 0.6) is 11.5 Å². The van der Waals surface area contributed by atoms with Gasteiger partial charge < -0.3 is 9.47 Å². The molecule has 0 amide bonds. The maximum Gasteiger partial charge on any atom is 0.140 e. The quantitative estimate of drug-likeness (QED) is 0.815. The van der Waals surface area contributed by atoms with Crippen molar-refractivity contribution < 1.29 is 9.47 Å². The summed E-state index contributed by atoms with van der Waals surface area (Å²) in [5.41, 5.74) is 0.555. The molecule has 1 aromatic rings. The molecule has 1 fully saturated rings. The Balaban J connectivity index is 1.89. The summed E-state index contributed by atoms with van der Waals surface area (Å²) in [6, 6.07) is 7.42. The fourth-order valence-corrected chi connectivity index (χ4v) is 2.31. The van der Waals surface area contributed by atoms with Gasteiger partial charge in [0.1, 0.15) is 24.2 Å². The van der Waals surface area contributed by atoms with E-state index in [2.05, 4.69) is 11.0 Å². The van der Waals surface area contributed by atoms with Crippen molar-refractivity contribution in [1.82, 2.24) is 4.90 Å². The highest BCUT2D eigenvalue weighted by molar-refractivity contribution is 5.47. The van der Waals surface area contributed by atoms with Crippen LogP contribution in [0, 0.1) is 11.3 Å². The van der Waals surface area contributed by atoms with Gasteiger partial charge in [0.25, 0.3) is 0 Å². The van der Waals surface area contributed by atoms with E-state index in [9.17, 15) is 0 Å². The number of likely N-dealkylation sites (tertiary alicyclic amines) is 1. The van der Waals surface area contributed by atoms with Gasteiger partial charge in [0.2, 0.25) is 0 Å². The highest BCUT2D eigenvalue weighted by Crippen LogP contribution is 2.24. The van der Waals surface area contributed by atoms with Gasteiger partial charge in [0, 0.05) is 12.6 Å². The number of ether oxygens (including phenoxy) is 2. The van der Waals surface area contributed by atoms with Gasteiger partial charge >= 0.3 is 0 Å². The zero-order valence-corrected chi connectivity index (χ0v) is 11.4. The summed E-state index contributed by atoms with van der Waals surface area (Å²) in [4.78, 5) is 2.41. The monoisotopic (exact) mass is 260 g/mol. The summed E-state index contributed by atoms with van der Waals surface area (Å²) in [5.74, 6) is 1.32. The molecule has 4 heteroatoms. The fourth-order valence-electron chi connectivity index (χ4n) is 2.31. The first kappa shape index (κ1) is 13.7. The Labute approximate surface area is 114 Å². The molecular weight excluding hydrogens is 240 g/mol. The third kappa shape index (κ3) is 3.87. The molecule has 1 aliphatic rings. The molecule has 1 aliphatic heterocycles. The number of nitriles is 1. The van der Waals surface area contributed by atoms with Crippen LogP contribution in [0.2, 0.25) is 0 Å². The summed E-state index contributed by atoms with van der Waals surface area (Å²) in [6.07, 6.45) is 3.90. The summed E-state index contributed by atoms with van der Waals surface area (Å²) in [7, 11) is 1.61. The standard InChI is InChI=1S/C15H20N2O2/c1-18-14-6-5-13(12-16)15(11-14)19-10-9-17-7-3-2-4-8-17/h5-6,11H,2-4,7-10H2,1H3. The number of nitrogens with zero attached hydrogens (tertiary/aromatic N) is 2. The minimum Gasteiger partial charge on any atom is -0.497 e. The molecule has 0 radical (unpaired) electrons. The van der Waals surface area contributed by atoms with Crippen molar-refractivity contribution in [3.8, 4) is 17.6 Å². The summed E-state index contributed by atoms with van der Waals surface area (Å²) < 4.78 is 10.9.